The lowest BCUT2D eigenvalue weighted by Gasteiger charge is -2.10. The van der Waals surface area contributed by atoms with Crippen LogP contribution in [0.25, 0.3) is 5.78 Å². The highest BCUT2D eigenvalue weighted by atomic mass is 35.5. The third kappa shape index (κ3) is 3.72. The molecule has 0 aliphatic heterocycles. The summed E-state index contributed by atoms with van der Waals surface area (Å²) in [5.41, 5.74) is 1.12. The molecule has 1 amide bonds. The number of amides is 1. The fraction of sp³-hybridized carbons (Fsp3) is 0.188. The maximum absolute atomic E-state index is 12.0. The number of aromatic nitrogens is 4. The Labute approximate surface area is 152 Å². The lowest BCUT2D eigenvalue weighted by molar-refractivity contribution is -0.119. The van der Waals surface area contributed by atoms with E-state index in [1.807, 2.05) is 0 Å². The van der Waals surface area contributed by atoms with Crippen molar-refractivity contribution >= 4 is 34.9 Å². The molecule has 1 N–H and O–H groups in total. The standard InChI is InChI=1S/C16H14ClN5O4/c1-9-5-6-18-16-20-14(21-22(9)16)15(24)26-8-13(23)19-11-7-10(17)3-4-12(11)25-2/h3-7H,8H2,1-2H3,(H,19,23). The highest BCUT2D eigenvalue weighted by Gasteiger charge is 2.18. The SMILES string of the molecule is COc1ccc(Cl)cc1NC(=O)COC(=O)c1nc2nccc(C)n2n1. The zero-order valence-electron chi connectivity index (χ0n) is 13.9. The first-order valence-corrected chi connectivity index (χ1v) is 7.84. The van der Waals surface area contributed by atoms with E-state index < -0.39 is 18.5 Å². The third-order valence-corrected chi connectivity index (χ3v) is 3.62. The molecule has 0 atom stereocenters. The molecule has 10 heteroatoms. The van der Waals surface area contributed by atoms with E-state index in [-0.39, 0.29) is 11.6 Å². The van der Waals surface area contributed by atoms with E-state index in [0.29, 0.717) is 16.5 Å². The predicted octanol–water partition coefficient (Wildman–Crippen LogP) is 1.89. The monoisotopic (exact) mass is 375 g/mol. The molecule has 0 fully saturated rings. The van der Waals surface area contributed by atoms with Crippen LogP contribution in [0, 0.1) is 6.92 Å². The van der Waals surface area contributed by atoms with Crippen LogP contribution < -0.4 is 10.1 Å². The van der Waals surface area contributed by atoms with E-state index in [4.69, 9.17) is 21.1 Å². The van der Waals surface area contributed by atoms with Crippen LogP contribution in [-0.4, -0.2) is 45.2 Å². The molecule has 26 heavy (non-hydrogen) atoms. The van der Waals surface area contributed by atoms with Crippen molar-refractivity contribution in [1.29, 1.82) is 0 Å². The zero-order chi connectivity index (χ0) is 18.7. The maximum Gasteiger partial charge on any atom is 0.378 e. The van der Waals surface area contributed by atoms with Gasteiger partial charge in [-0.05, 0) is 31.2 Å². The Hall–Kier alpha value is -3.20. The molecule has 0 bridgehead atoms. The van der Waals surface area contributed by atoms with Crippen LogP contribution in [0.4, 0.5) is 5.69 Å². The summed E-state index contributed by atoms with van der Waals surface area (Å²) in [5.74, 6) is -0.872. The molecule has 3 aromatic rings. The molecule has 1 aromatic carbocycles. The number of methoxy groups -OCH3 is 1. The summed E-state index contributed by atoms with van der Waals surface area (Å²) >= 11 is 5.90. The second-order valence-electron chi connectivity index (χ2n) is 5.20. The van der Waals surface area contributed by atoms with Crippen LogP contribution in [0.5, 0.6) is 5.75 Å². The number of aryl methyl sites for hydroxylation is 1. The third-order valence-electron chi connectivity index (χ3n) is 3.38. The van der Waals surface area contributed by atoms with Crippen LogP contribution in [-0.2, 0) is 9.53 Å². The first-order valence-electron chi connectivity index (χ1n) is 7.47. The topological polar surface area (TPSA) is 108 Å². The fourth-order valence-corrected chi connectivity index (χ4v) is 2.32. The molecule has 0 saturated carbocycles. The Morgan fingerprint density at radius 2 is 2.12 bits per heavy atom. The molecular formula is C16H14ClN5O4. The Kier molecular flexibility index (Phi) is 4.99. The lowest BCUT2D eigenvalue weighted by Crippen LogP contribution is -2.21. The van der Waals surface area contributed by atoms with Crippen molar-refractivity contribution in [3.63, 3.8) is 0 Å². The number of ether oxygens (including phenoxy) is 2. The van der Waals surface area contributed by atoms with Crippen LogP contribution in [0.2, 0.25) is 5.02 Å². The van der Waals surface area contributed by atoms with Crippen LogP contribution in [0.1, 0.15) is 16.3 Å². The van der Waals surface area contributed by atoms with Gasteiger partial charge in [0, 0.05) is 16.9 Å². The Morgan fingerprint density at radius 3 is 2.85 bits per heavy atom. The van der Waals surface area contributed by atoms with Gasteiger partial charge in [-0.25, -0.2) is 14.3 Å². The Morgan fingerprint density at radius 1 is 1.31 bits per heavy atom. The highest BCUT2D eigenvalue weighted by Crippen LogP contribution is 2.27. The van der Waals surface area contributed by atoms with E-state index in [1.165, 1.54) is 17.7 Å². The molecular weight excluding hydrogens is 362 g/mol. The maximum atomic E-state index is 12.0. The molecule has 3 rings (SSSR count). The summed E-state index contributed by atoms with van der Waals surface area (Å²) in [6.45, 7) is 1.28. The van der Waals surface area contributed by atoms with Gasteiger partial charge in [0.2, 0.25) is 0 Å². The normalized spacial score (nSPS) is 10.6. The number of esters is 1. The van der Waals surface area contributed by atoms with Crippen molar-refractivity contribution in [1.82, 2.24) is 19.6 Å². The van der Waals surface area contributed by atoms with Gasteiger partial charge in [-0.1, -0.05) is 11.6 Å². The molecule has 9 nitrogen and oxygen atoms in total. The summed E-state index contributed by atoms with van der Waals surface area (Å²) in [4.78, 5) is 32.0. The molecule has 0 aliphatic carbocycles. The van der Waals surface area contributed by atoms with Gasteiger partial charge in [-0.2, -0.15) is 4.98 Å². The van der Waals surface area contributed by atoms with Gasteiger partial charge < -0.3 is 14.8 Å². The molecule has 2 heterocycles. The number of halogens is 1. The highest BCUT2D eigenvalue weighted by molar-refractivity contribution is 6.31. The Balaban J connectivity index is 1.64. The number of benzene rings is 1. The molecule has 0 saturated heterocycles. The fourth-order valence-electron chi connectivity index (χ4n) is 2.15. The van der Waals surface area contributed by atoms with E-state index in [2.05, 4.69) is 20.4 Å². The van der Waals surface area contributed by atoms with Crippen molar-refractivity contribution < 1.29 is 19.1 Å². The zero-order valence-corrected chi connectivity index (χ0v) is 14.6. The number of nitrogens with one attached hydrogen (secondary N) is 1. The number of carbonyl (C=O) groups excluding carboxylic acids is 2. The lowest BCUT2D eigenvalue weighted by atomic mass is 10.3. The van der Waals surface area contributed by atoms with E-state index in [0.717, 1.165) is 5.69 Å². The average Bonchev–Trinajstić information content (AvgIpc) is 3.06. The summed E-state index contributed by atoms with van der Waals surface area (Å²) in [6, 6.07) is 6.49. The number of rotatable bonds is 5. The van der Waals surface area contributed by atoms with Gasteiger partial charge in [0.15, 0.2) is 6.61 Å². The van der Waals surface area contributed by atoms with Gasteiger partial charge in [-0.15, -0.1) is 5.10 Å². The van der Waals surface area contributed by atoms with Crippen LogP contribution in [0.3, 0.4) is 0 Å². The minimum Gasteiger partial charge on any atom is -0.495 e. The molecule has 0 aliphatic rings. The molecule has 0 radical (unpaired) electrons. The first kappa shape index (κ1) is 17.6. The minimum atomic E-state index is -0.830. The summed E-state index contributed by atoms with van der Waals surface area (Å²) < 4.78 is 11.5. The van der Waals surface area contributed by atoms with Gasteiger partial charge in [0.25, 0.3) is 17.5 Å². The van der Waals surface area contributed by atoms with Crippen LogP contribution >= 0.6 is 11.6 Å². The largest absolute Gasteiger partial charge is 0.495 e. The van der Waals surface area contributed by atoms with Gasteiger partial charge >= 0.3 is 5.97 Å². The van der Waals surface area contributed by atoms with E-state index in [9.17, 15) is 9.59 Å². The van der Waals surface area contributed by atoms with Crippen molar-refractivity contribution in [2.24, 2.45) is 0 Å². The summed E-state index contributed by atoms with van der Waals surface area (Å²) in [5, 5.41) is 7.00. The van der Waals surface area contributed by atoms with Crippen molar-refractivity contribution in [3.05, 3.63) is 47.0 Å². The Bertz CT molecular complexity index is 988. The number of hydrogen-bond donors (Lipinski definition) is 1. The van der Waals surface area contributed by atoms with Gasteiger partial charge in [0.05, 0.1) is 12.8 Å². The van der Waals surface area contributed by atoms with Gasteiger partial charge in [0.1, 0.15) is 5.75 Å². The second-order valence-corrected chi connectivity index (χ2v) is 5.64. The van der Waals surface area contributed by atoms with Crippen LogP contribution in [0.15, 0.2) is 30.5 Å². The molecule has 2 aromatic heterocycles. The summed E-state index contributed by atoms with van der Waals surface area (Å²) in [6.07, 6.45) is 1.56. The predicted molar refractivity (Wildman–Crippen MR) is 92.4 cm³/mol. The first-order chi connectivity index (χ1) is 12.5. The molecule has 0 unspecified atom stereocenters. The van der Waals surface area contributed by atoms with Gasteiger partial charge in [-0.3, -0.25) is 4.79 Å². The molecule has 0 spiro atoms. The second kappa shape index (κ2) is 7.36. The molecule has 134 valence electrons. The quantitative estimate of drug-likeness (QED) is 0.678. The summed E-state index contributed by atoms with van der Waals surface area (Å²) in [7, 11) is 1.46. The van der Waals surface area contributed by atoms with Crippen molar-refractivity contribution in [2.45, 2.75) is 6.92 Å². The number of carbonyl (C=O) groups is 2. The van der Waals surface area contributed by atoms with Crippen molar-refractivity contribution in [3.8, 4) is 5.75 Å². The van der Waals surface area contributed by atoms with E-state index in [1.54, 1.807) is 31.3 Å². The number of fused-ring (bicyclic) bond motifs is 1. The average molecular weight is 376 g/mol. The van der Waals surface area contributed by atoms with Crippen molar-refractivity contribution in [2.75, 3.05) is 19.0 Å². The number of hydrogen-bond acceptors (Lipinski definition) is 7. The number of nitrogens with zero attached hydrogens (tertiary/aromatic N) is 4. The van der Waals surface area contributed by atoms with E-state index >= 15 is 0 Å². The number of anilines is 1. The smallest absolute Gasteiger partial charge is 0.378 e. The minimum absolute atomic E-state index is 0.181.